The highest BCUT2D eigenvalue weighted by Gasteiger charge is 2.24. The number of guanidine groups is 1. The molecule has 0 aromatic heterocycles. The summed E-state index contributed by atoms with van der Waals surface area (Å²) < 4.78 is 11.9. The molecule has 2 fully saturated rings. The maximum absolute atomic E-state index is 6.13. The van der Waals surface area contributed by atoms with Gasteiger partial charge in [0.2, 0.25) is 0 Å². The summed E-state index contributed by atoms with van der Waals surface area (Å²) in [4.78, 5) is 9.37. The topological polar surface area (TPSA) is 49.3 Å². The molecule has 1 N–H and O–H groups in total. The van der Waals surface area contributed by atoms with Crippen LogP contribution in [0.4, 0.5) is 0 Å². The summed E-state index contributed by atoms with van der Waals surface area (Å²) in [6, 6.07) is 1.13. The maximum atomic E-state index is 6.13. The Balaban J connectivity index is 1.66. The van der Waals surface area contributed by atoms with Crippen molar-refractivity contribution in [3.8, 4) is 0 Å². The molecule has 0 amide bonds. The van der Waals surface area contributed by atoms with Crippen molar-refractivity contribution in [3.05, 3.63) is 0 Å². The lowest BCUT2D eigenvalue weighted by Gasteiger charge is -2.36. The molecule has 2 aliphatic rings. The molecule has 2 aliphatic heterocycles. The molecule has 1 atom stereocenters. The molecular weight excluding hydrogens is 340 g/mol. The van der Waals surface area contributed by atoms with Crippen LogP contribution in [0.3, 0.4) is 0 Å². The molecule has 2 saturated heterocycles. The van der Waals surface area contributed by atoms with Crippen LogP contribution in [0.2, 0.25) is 0 Å². The lowest BCUT2D eigenvalue weighted by Crippen LogP contribution is -2.49. The summed E-state index contributed by atoms with van der Waals surface area (Å²) in [6.07, 6.45) is 6.44. The van der Waals surface area contributed by atoms with Gasteiger partial charge < -0.3 is 19.7 Å². The zero-order chi connectivity index (χ0) is 19.6. The van der Waals surface area contributed by atoms with Crippen molar-refractivity contribution in [2.24, 2.45) is 4.99 Å². The Hall–Kier alpha value is -0.850. The molecule has 2 heterocycles. The van der Waals surface area contributed by atoms with Crippen LogP contribution in [0.15, 0.2) is 4.99 Å². The molecule has 27 heavy (non-hydrogen) atoms. The molecular formula is C21H42N4O2. The Bertz CT molecular complexity index is 420. The lowest BCUT2D eigenvalue weighted by atomic mass is 10.1. The first-order valence-electron chi connectivity index (χ1n) is 11.0. The third-order valence-corrected chi connectivity index (χ3v) is 5.72. The first kappa shape index (κ1) is 22.4. The van der Waals surface area contributed by atoms with Crippen molar-refractivity contribution >= 4 is 5.96 Å². The SMILES string of the molecule is CN=C(NCCN(C(C)C)C(C)C)N1CCC(OCC2CCCCO2)CC1. The second kappa shape index (κ2) is 11.9. The van der Waals surface area contributed by atoms with Crippen LogP contribution in [0, 0.1) is 0 Å². The van der Waals surface area contributed by atoms with Crippen molar-refractivity contribution in [1.29, 1.82) is 0 Å². The number of ether oxygens (including phenoxy) is 2. The molecule has 0 bridgehead atoms. The maximum Gasteiger partial charge on any atom is 0.193 e. The van der Waals surface area contributed by atoms with E-state index < -0.39 is 0 Å². The Morgan fingerprint density at radius 1 is 1.15 bits per heavy atom. The Morgan fingerprint density at radius 2 is 1.85 bits per heavy atom. The largest absolute Gasteiger partial charge is 0.376 e. The molecule has 0 aliphatic carbocycles. The fourth-order valence-corrected chi connectivity index (χ4v) is 4.16. The molecule has 0 saturated carbocycles. The standard InChI is InChI=1S/C21H42N4O2/c1-17(2)25(18(3)4)14-11-23-21(22-5)24-12-9-19(10-13-24)27-16-20-8-6-7-15-26-20/h17-20H,6-16H2,1-5H3,(H,22,23). The van der Waals surface area contributed by atoms with E-state index >= 15 is 0 Å². The second-order valence-corrected chi connectivity index (χ2v) is 8.41. The van der Waals surface area contributed by atoms with Gasteiger partial charge in [-0.25, -0.2) is 0 Å². The highest BCUT2D eigenvalue weighted by molar-refractivity contribution is 5.79. The molecule has 6 nitrogen and oxygen atoms in total. The van der Waals surface area contributed by atoms with E-state index in [9.17, 15) is 0 Å². The van der Waals surface area contributed by atoms with Gasteiger partial charge in [-0.05, 0) is 59.8 Å². The predicted molar refractivity (Wildman–Crippen MR) is 112 cm³/mol. The summed E-state index contributed by atoms with van der Waals surface area (Å²) in [5.41, 5.74) is 0. The van der Waals surface area contributed by atoms with Crippen LogP contribution in [0.1, 0.15) is 59.8 Å². The molecule has 0 radical (unpaired) electrons. The lowest BCUT2D eigenvalue weighted by molar-refractivity contribution is -0.0721. The van der Waals surface area contributed by atoms with Gasteiger partial charge in [0.05, 0.1) is 18.8 Å². The minimum Gasteiger partial charge on any atom is -0.376 e. The summed E-state index contributed by atoms with van der Waals surface area (Å²) in [7, 11) is 1.88. The van der Waals surface area contributed by atoms with Gasteiger partial charge in [0, 0.05) is 51.9 Å². The van der Waals surface area contributed by atoms with Gasteiger partial charge in [0.15, 0.2) is 5.96 Å². The zero-order valence-electron chi connectivity index (χ0n) is 18.2. The third kappa shape index (κ3) is 7.59. The summed E-state index contributed by atoms with van der Waals surface area (Å²) in [6.45, 7) is 14.7. The highest BCUT2D eigenvalue weighted by Crippen LogP contribution is 2.18. The van der Waals surface area contributed by atoms with Crippen molar-refractivity contribution in [2.45, 2.75) is 84.1 Å². The Labute approximate surface area is 166 Å². The van der Waals surface area contributed by atoms with E-state index in [0.29, 0.717) is 24.3 Å². The molecule has 1 unspecified atom stereocenters. The number of nitrogens with zero attached hydrogens (tertiary/aromatic N) is 3. The van der Waals surface area contributed by atoms with Gasteiger partial charge in [0.25, 0.3) is 0 Å². The average Bonchev–Trinajstić information content (AvgIpc) is 2.67. The minimum absolute atomic E-state index is 0.316. The van der Waals surface area contributed by atoms with Crippen LogP contribution in [0.25, 0.3) is 0 Å². The van der Waals surface area contributed by atoms with Gasteiger partial charge in [-0.2, -0.15) is 0 Å². The number of piperidine rings is 1. The molecule has 158 valence electrons. The highest BCUT2D eigenvalue weighted by atomic mass is 16.5. The molecule has 2 rings (SSSR count). The van der Waals surface area contributed by atoms with Crippen LogP contribution < -0.4 is 5.32 Å². The minimum atomic E-state index is 0.316. The van der Waals surface area contributed by atoms with E-state index in [1.54, 1.807) is 0 Å². The van der Waals surface area contributed by atoms with Gasteiger partial charge in [-0.3, -0.25) is 9.89 Å². The van der Waals surface area contributed by atoms with Gasteiger partial charge in [-0.15, -0.1) is 0 Å². The third-order valence-electron chi connectivity index (χ3n) is 5.72. The van der Waals surface area contributed by atoms with Crippen LogP contribution in [-0.2, 0) is 9.47 Å². The monoisotopic (exact) mass is 382 g/mol. The van der Waals surface area contributed by atoms with E-state index in [1.165, 1.54) is 12.8 Å². The fourth-order valence-electron chi connectivity index (χ4n) is 4.16. The molecule has 0 aromatic carbocycles. The smallest absolute Gasteiger partial charge is 0.193 e. The zero-order valence-corrected chi connectivity index (χ0v) is 18.2. The number of likely N-dealkylation sites (tertiary alicyclic amines) is 1. The summed E-state index contributed by atoms with van der Waals surface area (Å²) in [5, 5.41) is 3.55. The van der Waals surface area contributed by atoms with E-state index in [4.69, 9.17) is 9.47 Å². The van der Waals surface area contributed by atoms with Crippen molar-refractivity contribution in [2.75, 3.05) is 46.4 Å². The quantitative estimate of drug-likeness (QED) is 0.517. The fraction of sp³-hybridized carbons (Fsp3) is 0.952. The Morgan fingerprint density at radius 3 is 2.41 bits per heavy atom. The van der Waals surface area contributed by atoms with Gasteiger partial charge in [-0.1, -0.05) is 0 Å². The normalized spacial score (nSPS) is 22.9. The average molecular weight is 383 g/mol. The summed E-state index contributed by atoms with van der Waals surface area (Å²) >= 11 is 0. The first-order chi connectivity index (χ1) is 13.0. The number of aliphatic imine (C=N–C) groups is 1. The molecule has 0 aromatic rings. The van der Waals surface area contributed by atoms with E-state index in [-0.39, 0.29) is 0 Å². The number of hydrogen-bond donors (Lipinski definition) is 1. The van der Waals surface area contributed by atoms with E-state index in [2.05, 4.69) is 47.8 Å². The van der Waals surface area contributed by atoms with Gasteiger partial charge in [0.1, 0.15) is 0 Å². The molecule has 6 heteroatoms. The number of hydrogen-bond acceptors (Lipinski definition) is 4. The van der Waals surface area contributed by atoms with E-state index in [0.717, 1.165) is 64.6 Å². The Kier molecular flexibility index (Phi) is 9.87. The predicted octanol–water partition coefficient (Wildman–Crippen LogP) is 2.73. The van der Waals surface area contributed by atoms with E-state index in [1.807, 2.05) is 7.05 Å². The van der Waals surface area contributed by atoms with Gasteiger partial charge >= 0.3 is 0 Å². The van der Waals surface area contributed by atoms with Crippen LogP contribution >= 0.6 is 0 Å². The first-order valence-corrected chi connectivity index (χ1v) is 11.0. The van der Waals surface area contributed by atoms with Crippen LogP contribution in [0.5, 0.6) is 0 Å². The summed E-state index contributed by atoms with van der Waals surface area (Å²) in [5.74, 6) is 1.02. The van der Waals surface area contributed by atoms with Crippen molar-refractivity contribution in [3.63, 3.8) is 0 Å². The van der Waals surface area contributed by atoms with Crippen molar-refractivity contribution in [1.82, 2.24) is 15.1 Å². The second-order valence-electron chi connectivity index (χ2n) is 8.41. The van der Waals surface area contributed by atoms with Crippen molar-refractivity contribution < 1.29 is 9.47 Å². The van der Waals surface area contributed by atoms with Crippen LogP contribution in [-0.4, -0.2) is 86.5 Å². The number of nitrogens with one attached hydrogen (secondary N) is 1. The molecule has 0 spiro atoms. The number of rotatable bonds is 8.